The highest BCUT2D eigenvalue weighted by atomic mass is 19.1. The number of ether oxygens (including phenoxy) is 3. The number of methoxy groups -OCH3 is 1. The Bertz CT molecular complexity index is 1640. The van der Waals surface area contributed by atoms with E-state index in [1.54, 1.807) is 51.0 Å². The average Bonchev–Trinajstić information content (AvgIpc) is 3.82. The number of hydrogen-bond donors (Lipinski definition) is 2. The number of carbonyl (C=O) groups is 4. The van der Waals surface area contributed by atoms with Gasteiger partial charge in [0.05, 0.1) is 17.7 Å². The molecule has 6 rings (SSSR count). The van der Waals surface area contributed by atoms with E-state index in [0.29, 0.717) is 55.2 Å². The van der Waals surface area contributed by atoms with Crippen LogP contribution in [0.2, 0.25) is 0 Å². The lowest BCUT2D eigenvalue weighted by Crippen LogP contribution is -2.50. The number of nitrogens with zero attached hydrogens (tertiary/aromatic N) is 2. The van der Waals surface area contributed by atoms with E-state index >= 15 is 0 Å². The highest BCUT2D eigenvalue weighted by Crippen LogP contribution is 2.43. The molecule has 3 heterocycles. The third-order valence-electron chi connectivity index (χ3n) is 11.6. The number of alkyl carbamates (subject to hydrolysis) is 1. The Balaban J connectivity index is 1.18. The maximum Gasteiger partial charge on any atom is 0.407 e. The van der Waals surface area contributed by atoms with Gasteiger partial charge in [0, 0.05) is 30.6 Å². The number of aromatic nitrogens is 1. The Morgan fingerprint density at radius 2 is 1.67 bits per heavy atom. The molecule has 2 aromatic rings. The number of benzene rings is 1. The molecule has 3 atom stereocenters. The van der Waals surface area contributed by atoms with Crippen molar-refractivity contribution in [2.45, 2.75) is 108 Å². The van der Waals surface area contributed by atoms with Crippen LogP contribution in [0.5, 0.6) is 0 Å². The fourth-order valence-corrected chi connectivity index (χ4v) is 8.97. The zero-order chi connectivity index (χ0) is 37.4. The van der Waals surface area contributed by atoms with Gasteiger partial charge in [0.2, 0.25) is 17.5 Å². The molecule has 0 unspecified atom stereocenters. The summed E-state index contributed by atoms with van der Waals surface area (Å²) in [5.74, 6) is -1.52. The van der Waals surface area contributed by atoms with Gasteiger partial charge in [-0.2, -0.15) is 0 Å². The van der Waals surface area contributed by atoms with Crippen molar-refractivity contribution >= 4 is 40.5 Å². The number of esters is 1. The summed E-state index contributed by atoms with van der Waals surface area (Å²) in [5.41, 5.74) is -1.91. The van der Waals surface area contributed by atoms with Crippen LogP contribution in [0.25, 0.3) is 10.9 Å². The van der Waals surface area contributed by atoms with Gasteiger partial charge in [-0.3, -0.25) is 14.2 Å². The minimum Gasteiger partial charge on any atom is -0.444 e. The SMILES string of the molecule is COC1CCC([C@@H]2CCN(C(=O)C3CCC([C@@H](CF)NC(=O)OC(C)(C)C)CC3)[C@@H]2C(=O)Nc2ccc3c(c2)cc2n3C(CF)(CF)OC2=O)CC1. The highest BCUT2D eigenvalue weighted by Gasteiger charge is 2.49. The molecule has 286 valence electrons. The first-order valence-corrected chi connectivity index (χ1v) is 18.5. The van der Waals surface area contributed by atoms with Crippen LogP contribution in [0.15, 0.2) is 24.3 Å². The third kappa shape index (κ3) is 7.49. The van der Waals surface area contributed by atoms with Crippen molar-refractivity contribution in [2.24, 2.45) is 23.7 Å². The summed E-state index contributed by atoms with van der Waals surface area (Å²) < 4.78 is 59.3. The van der Waals surface area contributed by atoms with Gasteiger partial charge in [-0.05, 0) is 121 Å². The summed E-state index contributed by atoms with van der Waals surface area (Å²) in [5, 5.41) is 6.19. The summed E-state index contributed by atoms with van der Waals surface area (Å²) in [7, 11) is 1.71. The smallest absolute Gasteiger partial charge is 0.407 e. The predicted octanol–water partition coefficient (Wildman–Crippen LogP) is 6.43. The summed E-state index contributed by atoms with van der Waals surface area (Å²) in [6, 6.07) is 4.94. The van der Waals surface area contributed by atoms with Gasteiger partial charge < -0.3 is 29.7 Å². The molecule has 52 heavy (non-hydrogen) atoms. The standard InChI is InChI=1S/C38H51F3N4O7/c1-37(2,3)52-36(49)43-29(19-39)23-5-7-24(8-6-23)34(47)44-16-15-28(22-9-12-27(50-4)13-10-22)32(44)33(46)42-26-11-14-30-25(17-26)18-31-35(48)51-38(20-40,21-41)45(30)31/h11,14,17-18,22-24,27-29,32H,5-10,12-13,15-16,19-21H2,1-4H3,(H,42,46)(H,43,49)/t22?,23?,24?,27?,28-,29+,32-/m0/s1. The van der Waals surface area contributed by atoms with Crippen LogP contribution in [0.3, 0.4) is 0 Å². The Labute approximate surface area is 302 Å². The molecule has 2 aliphatic heterocycles. The zero-order valence-corrected chi connectivity index (χ0v) is 30.4. The quantitative estimate of drug-likeness (QED) is 0.270. The van der Waals surface area contributed by atoms with Crippen molar-refractivity contribution in [1.82, 2.24) is 14.8 Å². The average molecular weight is 733 g/mol. The van der Waals surface area contributed by atoms with Crippen LogP contribution >= 0.6 is 0 Å². The number of nitrogens with one attached hydrogen (secondary N) is 2. The van der Waals surface area contributed by atoms with E-state index in [9.17, 15) is 32.3 Å². The molecule has 0 radical (unpaired) electrons. The van der Waals surface area contributed by atoms with Crippen LogP contribution < -0.4 is 10.6 Å². The number of carbonyl (C=O) groups excluding carboxylic acids is 4. The van der Waals surface area contributed by atoms with Crippen LogP contribution in [-0.2, 0) is 29.5 Å². The molecule has 2 saturated carbocycles. The molecule has 1 saturated heterocycles. The van der Waals surface area contributed by atoms with Gasteiger partial charge >= 0.3 is 12.1 Å². The Morgan fingerprint density at radius 3 is 2.29 bits per heavy atom. The third-order valence-corrected chi connectivity index (χ3v) is 11.6. The van der Waals surface area contributed by atoms with Gasteiger partial charge in [-0.15, -0.1) is 0 Å². The lowest BCUT2D eigenvalue weighted by Gasteiger charge is -2.38. The number of fused-ring (bicyclic) bond motifs is 3. The van der Waals surface area contributed by atoms with E-state index in [1.807, 2.05) is 0 Å². The maximum atomic E-state index is 14.3. The number of likely N-dealkylation sites (tertiary alicyclic amines) is 1. The number of cyclic esters (lactones) is 1. The largest absolute Gasteiger partial charge is 0.444 e. The Morgan fingerprint density at radius 1 is 0.981 bits per heavy atom. The van der Waals surface area contributed by atoms with Gasteiger partial charge in [-0.1, -0.05) is 0 Å². The number of amides is 3. The summed E-state index contributed by atoms with van der Waals surface area (Å²) in [6.07, 6.45) is 5.88. The Kier molecular flexibility index (Phi) is 11.1. The molecular formula is C38H51F3N4O7. The normalized spacial score (nSPS) is 27.9. The molecule has 2 aliphatic carbocycles. The van der Waals surface area contributed by atoms with E-state index < -0.39 is 55.5 Å². The second-order valence-corrected chi connectivity index (χ2v) is 16.0. The first-order chi connectivity index (χ1) is 24.8. The number of rotatable bonds is 10. The monoisotopic (exact) mass is 732 g/mol. The lowest BCUT2D eigenvalue weighted by atomic mass is 9.75. The molecule has 1 aromatic carbocycles. The Hall–Kier alpha value is -3.81. The van der Waals surface area contributed by atoms with Gasteiger partial charge in [0.25, 0.3) is 0 Å². The lowest BCUT2D eigenvalue weighted by molar-refractivity contribution is -0.142. The van der Waals surface area contributed by atoms with Crippen molar-refractivity contribution in [2.75, 3.05) is 39.0 Å². The minimum atomic E-state index is -2.06. The van der Waals surface area contributed by atoms with E-state index in [1.165, 1.54) is 10.6 Å². The minimum absolute atomic E-state index is 0.0289. The number of anilines is 1. The molecule has 2 N–H and O–H groups in total. The van der Waals surface area contributed by atoms with Crippen LogP contribution in [0.1, 0.15) is 89.0 Å². The zero-order valence-electron chi connectivity index (χ0n) is 30.4. The second kappa shape index (κ2) is 15.3. The highest BCUT2D eigenvalue weighted by molar-refractivity contribution is 6.02. The van der Waals surface area contributed by atoms with Crippen molar-refractivity contribution in [3.8, 4) is 0 Å². The molecule has 0 spiro atoms. The van der Waals surface area contributed by atoms with E-state index in [0.717, 1.165) is 25.7 Å². The van der Waals surface area contributed by atoms with E-state index in [4.69, 9.17) is 14.2 Å². The fourth-order valence-electron chi connectivity index (χ4n) is 8.97. The van der Waals surface area contributed by atoms with Crippen LogP contribution in [0, 0.1) is 23.7 Å². The second-order valence-electron chi connectivity index (χ2n) is 16.0. The van der Waals surface area contributed by atoms with Crippen molar-refractivity contribution in [3.05, 3.63) is 30.0 Å². The van der Waals surface area contributed by atoms with Crippen LogP contribution in [0.4, 0.5) is 23.7 Å². The first kappa shape index (κ1) is 37.9. The molecule has 4 aliphatic rings. The molecular weight excluding hydrogens is 681 g/mol. The van der Waals surface area contributed by atoms with Crippen molar-refractivity contribution in [1.29, 1.82) is 0 Å². The molecule has 1 aromatic heterocycles. The molecule has 3 amide bonds. The van der Waals surface area contributed by atoms with Gasteiger partial charge in [0.15, 0.2) is 13.3 Å². The molecule has 11 nitrogen and oxygen atoms in total. The molecule has 3 fully saturated rings. The number of hydrogen-bond acceptors (Lipinski definition) is 7. The van der Waals surface area contributed by atoms with E-state index in [2.05, 4.69) is 10.6 Å². The fraction of sp³-hybridized carbons (Fsp3) is 0.684. The van der Waals surface area contributed by atoms with Crippen LogP contribution in [-0.4, -0.2) is 90.8 Å². The van der Waals surface area contributed by atoms with Gasteiger partial charge in [0.1, 0.15) is 24.0 Å². The molecule has 0 bridgehead atoms. The van der Waals surface area contributed by atoms with E-state index in [-0.39, 0.29) is 47.3 Å². The summed E-state index contributed by atoms with van der Waals surface area (Å²) in [4.78, 5) is 55.1. The predicted molar refractivity (Wildman–Crippen MR) is 187 cm³/mol. The summed E-state index contributed by atoms with van der Waals surface area (Å²) in [6.45, 7) is 2.48. The number of halogens is 3. The van der Waals surface area contributed by atoms with Crippen molar-refractivity contribution in [3.63, 3.8) is 0 Å². The van der Waals surface area contributed by atoms with Gasteiger partial charge in [-0.25, -0.2) is 22.8 Å². The van der Waals surface area contributed by atoms with Crippen molar-refractivity contribution < 1.29 is 46.6 Å². The molecule has 14 heteroatoms. The maximum absolute atomic E-state index is 14.3. The first-order valence-electron chi connectivity index (χ1n) is 18.5. The summed E-state index contributed by atoms with van der Waals surface area (Å²) >= 11 is 0. The topological polar surface area (TPSA) is 128 Å². The number of alkyl halides is 3.